The number of benzene rings is 1. The summed E-state index contributed by atoms with van der Waals surface area (Å²) in [4.78, 5) is 25.7. The van der Waals surface area contributed by atoms with Crippen molar-refractivity contribution in [1.82, 2.24) is 20.0 Å². The molecule has 2 aromatic rings. The molecule has 1 atom stereocenters. The lowest BCUT2D eigenvalue weighted by Gasteiger charge is -2.41. The fraction of sp³-hybridized carbons (Fsp3) is 0.450. The summed E-state index contributed by atoms with van der Waals surface area (Å²) in [5, 5.41) is 16.7. The summed E-state index contributed by atoms with van der Waals surface area (Å²) >= 11 is 0. The molecule has 1 aromatic carbocycles. The van der Waals surface area contributed by atoms with Gasteiger partial charge in [0.15, 0.2) is 0 Å². The van der Waals surface area contributed by atoms with Crippen molar-refractivity contribution < 1.29 is 14.7 Å². The average molecular weight is 368 g/mol. The minimum absolute atomic E-state index is 0.102. The van der Waals surface area contributed by atoms with Crippen LogP contribution in [0.25, 0.3) is 0 Å². The molecule has 7 heteroatoms. The number of piperidine rings is 1. The third kappa shape index (κ3) is 3.73. The molecule has 142 valence electrons. The van der Waals surface area contributed by atoms with Gasteiger partial charge in [-0.3, -0.25) is 19.2 Å². The normalized spacial score (nSPS) is 22.1. The maximum absolute atomic E-state index is 11.8. The van der Waals surface area contributed by atoms with Gasteiger partial charge in [-0.15, -0.1) is 0 Å². The number of carboxylic acids is 1. The Hall–Kier alpha value is -2.67. The number of amides is 1. The van der Waals surface area contributed by atoms with Crippen LogP contribution in [-0.4, -0.2) is 50.3 Å². The molecule has 1 amide bonds. The van der Waals surface area contributed by atoms with E-state index in [0.717, 1.165) is 26.2 Å². The van der Waals surface area contributed by atoms with Crippen LogP contribution < -0.4 is 5.32 Å². The number of carbonyl (C=O) groups is 2. The molecule has 2 saturated heterocycles. The summed E-state index contributed by atoms with van der Waals surface area (Å²) in [6.07, 6.45) is 5.20. The molecule has 2 fully saturated rings. The quantitative estimate of drug-likeness (QED) is 0.835. The second-order valence-corrected chi connectivity index (χ2v) is 7.60. The van der Waals surface area contributed by atoms with E-state index in [2.05, 4.69) is 39.6 Å². The highest BCUT2D eigenvalue weighted by atomic mass is 16.4. The Kier molecular flexibility index (Phi) is 4.70. The predicted octanol–water partition coefficient (Wildman–Crippen LogP) is 1.49. The van der Waals surface area contributed by atoms with Crippen LogP contribution in [0.2, 0.25) is 0 Å². The lowest BCUT2D eigenvalue weighted by Crippen LogP contribution is -2.55. The number of carboxylic acid groups (broad SMARTS) is 1. The molecule has 2 N–H and O–H groups in total. The van der Waals surface area contributed by atoms with Crippen molar-refractivity contribution in [3.8, 4) is 0 Å². The van der Waals surface area contributed by atoms with Crippen LogP contribution in [0.3, 0.4) is 0 Å². The first kappa shape index (κ1) is 17.7. The highest BCUT2D eigenvalue weighted by Crippen LogP contribution is 2.37. The van der Waals surface area contributed by atoms with Crippen molar-refractivity contribution in [1.29, 1.82) is 0 Å². The number of nitrogens with zero attached hydrogens (tertiary/aromatic N) is 3. The zero-order chi connectivity index (χ0) is 18.9. The highest BCUT2D eigenvalue weighted by molar-refractivity contribution is 5.88. The van der Waals surface area contributed by atoms with Crippen LogP contribution in [0.1, 0.15) is 30.4 Å². The zero-order valence-electron chi connectivity index (χ0n) is 15.2. The third-order valence-electron chi connectivity index (χ3n) is 5.79. The van der Waals surface area contributed by atoms with Gasteiger partial charge >= 0.3 is 5.97 Å². The Morgan fingerprint density at radius 2 is 1.96 bits per heavy atom. The minimum atomic E-state index is -0.867. The third-order valence-corrected chi connectivity index (χ3v) is 5.79. The van der Waals surface area contributed by atoms with Gasteiger partial charge in [0.2, 0.25) is 5.91 Å². The van der Waals surface area contributed by atoms with E-state index in [1.165, 1.54) is 11.1 Å². The van der Waals surface area contributed by atoms with Crippen molar-refractivity contribution in [2.24, 2.45) is 5.92 Å². The van der Waals surface area contributed by atoms with Gasteiger partial charge in [0, 0.05) is 38.4 Å². The van der Waals surface area contributed by atoms with Crippen molar-refractivity contribution in [2.75, 3.05) is 13.1 Å². The van der Waals surface area contributed by atoms with E-state index in [0.29, 0.717) is 12.8 Å². The van der Waals surface area contributed by atoms with Gasteiger partial charge in [0.05, 0.1) is 18.0 Å². The van der Waals surface area contributed by atoms with Gasteiger partial charge in [-0.05, 0) is 30.0 Å². The monoisotopic (exact) mass is 368 g/mol. The Labute approximate surface area is 158 Å². The van der Waals surface area contributed by atoms with E-state index in [1.807, 2.05) is 16.9 Å². The number of hydrogen-bond donors (Lipinski definition) is 2. The number of aliphatic carboxylic acids is 1. The van der Waals surface area contributed by atoms with Gasteiger partial charge in [0.1, 0.15) is 0 Å². The largest absolute Gasteiger partial charge is 0.481 e. The Balaban J connectivity index is 1.38. The fourth-order valence-corrected chi connectivity index (χ4v) is 4.37. The molecular formula is C20H24N4O3. The summed E-state index contributed by atoms with van der Waals surface area (Å²) in [6, 6.07) is 10.4. The van der Waals surface area contributed by atoms with Gasteiger partial charge < -0.3 is 10.4 Å². The maximum Gasteiger partial charge on any atom is 0.309 e. The van der Waals surface area contributed by atoms with Crippen LogP contribution in [0.5, 0.6) is 0 Å². The molecule has 27 heavy (non-hydrogen) atoms. The van der Waals surface area contributed by atoms with Gasteiger partial charge in [-0.25, -0.2) is 0 Å². The molecule has 2 aliphatic heterocycles. The Morgan fingerprint density at radius 1 is 1.22 bits per heavy atom. The lowest BCUT2D eigenvalue weighted by atomic mass is 9.77. The topological polar surface area (TPSA) is 87.5 Å². The number of rotatable bonds is 5. The van der Waals surface area contributed by atoms with E-state index >= 15 is 0 Å². The number of carbonyl (C=O) groups excluding carboxylic acids is 1. The molecule has 7 nitrogen and oxygen atoms in total. The van der Waals surface area contributed by atoms with Crippen LogP contribution in [0.4, 0.5) is 0 Å². The summed E-state index contributed by atoms with van der Waals surface area (Å²) in [5.74, 6) is -1.61. The Morgan fingerprint density at radius 3 is 2.63 bits per heavy atom. The second-order valence-electron chi connectivity index (χ2n) is 7.60. The number of aromatic nitrogens is 2. The second kappa shape index (κ2) is 7.15. The summed E-state index contributed by atoms with van der Waals surface area (Å²) in [6.45, 7) is 3.14. The molecule has 0 radical (unpaired) electrons. The summed E-state index contributed by atoms with van der Waals surface area (Å²) in [7, 11) is 0. The van der Waals surface area contributed by atoms with Crippen molar-refractivity contribution in [2.45, 2.75) is 37.9 Å². The first-order valence-corrected chi connectivity index (χ1v) is 9.35. The summed E-state index contributed by atoms with van der Waals surface area (Å²) < 4.78 is 1.90. The van der Waals surface area contributed by atoms with E-state index in [-0.39, 0.29) is 12.3 Å². The van der Waals surface area contributed by atoms with Crippen LogP contribution in [-0.2, 0) is 22.7 Å². The van der Waals surface area contributed by atoms with E-state index < -0.39 is 17.4 Å². The standard InChI is InChI=1S/C20H24N4O3/c25-18-12-17(19(26)27)20(22-18)5-9-23(10-6-20)13-15-3-1-4-16(11-15)14-24-8-2-7-21-24/h1-4,7-8,11,17H,5-6,9-10,12-14H2,(H,22,25)(H,26,27)/t17-/m0/s1. The van der Waals surface area contributed by atoms with Gasteiger partial charge in [-0.2, -0.15) is 5.10 Å². The maximum atomic E-state index is 11.8. The van der Waals surface area contributed by atoms with Crippen LogP contribution in [0.15, 0.2) is 42.7 Å². The molecule has 1 aromatic heterocycles. The smallest absolute Gasteiger partial charge is 0.309 e. The van der Waals surface area contributed by atoms with Crippen LogP contribution >= 0.6 is 0 Å². The van der Waals surface area contributed by atoms with E-state index in [9.17, 15) is 14.7 Å². The number of hydrogen-bond acceptors (Lipinski definition) is 4. The molecule has 1 spiro atoms. The predicted molar refractivity (Wildman–Crippen MR) is 98.9 cm³/mol. The van der Waals surface area contributed by atoms with Gasteiger partial charge in [0.25, 0.3) is 0 Å². The van der Waals surface area contributed by atoms with Crippen LogP contribution in [0, 0.1) is 5.92 Å². The summed E-state index contributed by atoms with van der Waals surface area (Å²) in [5.41, 5.74) is 1.88. The number of likely N-dealkylation sites (tertiary alicyclic amines) is 1. The average Bonchev–Trinajstić information content (AvgIpc) is 3.25. The molecule has 0 unspecified atom stereocenters. The van der Waals surface area contributed by atoms with Crippen molar-refractivity contribution in [3.05, 3.63) is 53.9 Å². The Bertz CT molecular complexity index is 826. The molecule has 0 saturated carbocycles. The SMILES string of the molecule is O=C1C[C@@H](C(=O)O)C2(CCN(Cc3cccc(Cn4cccn4)c3)CC2)N1. The highest BCUT2D eigenvalue weighted by Gasteiger charge is 2.51. The first-order valence-electron chi connectivity index (χ1n) is 9.35. The lowest BCUT2D eigenvalue weighted by molar-refractivity contribution is -0.144. The zero-order valence-corrected chi connectivity index (χ0v) is 15.2. The van der Waals surface area contributed by atoms with E-state index in [1.54, 1.807) is 6.20 Å². The molecular weight excluding hydrogens is 344 g/mol. The molecule has 0 aliphatic carbocycles. The minimum Gasteiger partial charge on any atom is -0.481 e. The molecule has 4 rings (SSSR count). The van der Waals surface area contributed by atoms with Crippen molar-refractivity contribution >= 4 is 11.9 Å². The van der Waals surface area contributed by atoms with E-state index in [4.69, 9.17) is 0 Å². The number of nitrogens with one attached hydrogen (secondary N) is 1. The van der Waals surface area contributed by atoms with Gasteiger partial charge in [-0.1, -0.05) is 24.3 Å². The first-order chi connectivity index (χ1) is 13.0. The fourth-order valence-electron chi connectivity index (χ4n) is 4.37. The molecule has 0 bridgehead atoms. The van der Waals surface area contributed by atoms with Crippen molar-refractivity contribution in [3.63, 3.8) is 0 Å². The molecule has 2 aliphatic rings. The molecule has 3 heterocycles.